The fourth-order valence-corrected chi connectivity index (χ4v) is 2.94. The summed E-state index contributed by atoms with van der Waals surface area (Å²) in [5, 5.41) is 0. The maximum Gasteiger partial charge on any atom is 0.0928 e. The first-order valence-electron chi connectivity index (χ1n) is 6.88. The van der Waals surface area contributed by atoms with Gasteiger partial charge in [0, 0.05) is 38.8 Å². The number of piperazine rings is 1. The number of nitrogens with two attached hydrogens (primary N) is 1. The molecule has 2 heterocycles. The quantitative estimate of drug-likeness (QED) is 0.771. The minimum Gasteiger partial charge on any atom is -0.392 e. The molecule has 2 aliphatic heterocycles. The SMILES string of the molecule is CC(C)(C(N)=S)N1CCN(C2CCCOC2)CC1. The summed E-state index contributed by atoms with van der Waals surface area (Å²) in [6.45, 7) is 10.4. The van der Waals surface area contributed by atoms with Gasteiger partial charge in [-0.3, -0.25) is 9.80 Å². The molecule has 2 saturated heterocycles. The van der Waals surface area contributed by atoms with Crippen molar-refractivity contribution < 1.29 is 4.74 Å². The van der Waals surface area contributed by atoms with Crippen molar-refractivity contribution in [3.63, 3.8) is 0 Å². The predicted octanol–water partition coefficient (Wildman–Crippen LogP) is 0.848. The summed E-state index contributed by atoms with van der Waals surface area (Å²) < 4.78 is 5.57. The van der Waals surface area contributed by atoms with Crippen LogP contribution < -0.4 is 5.73 Å². The fraction of sp³-hybridized carbons (Fsp3) is 0.923. The third kappa shape index (κ3) is 3.02. The molecule has 1 unspecified atom stereocenters. The van der Waals surface area contributed by atoms with Gasteiger partial charge >= 0.3 is 0 Å². The highest BCUT2D eigenvalue weighted by Crippen LogP contribution is 2.20. The second-order valence-electron chi connectivity index (χ2n) is 5.82. The molecule has 0 amide bonds. The Morgan fingerprint density at radius 1 is 1.28 bits per heavy atom. The summed E-state index contributed by atoms with van der Waals surface area (Å²) in [6.07, 6.45) is 2.47. The van der Waals surface area contributed by atoms with Gasteiger partial charge in [0.2, 0.25) is 0 Å². The molecule has 0 aromatic heterocycles. The Bertz CT molecular complexity index is 295. The number of hydrogen-bond acceptors (Lipinski definition) is 4. The molecule has 18 heavy (non-hydrogen) atoms. The van der Waals surface area contributed by atoms with Crippen LogP contribution in [-0.4, -0.2) is 65.8 Å². The van der Waals surface area contributed by atoms with Crippen LogP contribution >= 0.6 is 12.2 Å². The minimum atomic E-state index is -0.162. The zero-order chi connectivity index (χ0) is 13.2. The average Bonchev–Trinajstić information content (AvgIpc) is 2.40. The Labute approximate surface area is 115 Å². The number of rotatable bonds is 3. The van der Waals surface area contributed by atoms with Gasteiger partial charge in [-0.05, 0) is 26.7 Å². The molecule has 0 aliphatic carbocycles. The third-order valence-electron chi connectivity index (χ3n) is 4.36. The van der Waals surface area contributed by atoms with Crippen LogP contribution in [0.25, 0.3) is 0 Å². The van der Waals surface area contributed by atoms with E-state index in [0.29, 0.717) is 11.0 Å². The van der Waals surface area contributed by atoms with Crippen molar-refractivity contribution in [1.29, 1.82) is 0 Å². The number of ether oxygens (including phenoxy) is 1. The van der Waals surface area contributed by atoms with Crippen LogP contribution in [0.1, 0.15) is 26.7 Å². The van der Waals surface area contributed by atoms with Crippen molar-refractivity contribution in [3.8, 4) is 0 Å². The van der Waals surface area contributed by atoms with Crippen LogP contribution in [-0.2, 0) is 4.74 Å². The molecule has 1 atom stereocenters. The zero-order valence-corrected chi connectivity index (χ0v) is 12.3. The lowest BCUT2D eigenvalue weighted by molar-refractivity contribution is -0.0102. The van der Waals surface area contributed by atoms with E-state index in [1.807, 2.05) is 0 Å². The van der Waals surface area contributed by atoms with Crippen LogP contribution in [0.4, 0.5) is 0 Å². The van der Waals surface area contributed by atoms with Crippen LogP contribution in [0.3, 0.4) is 0 Å². The molecule has 0 aromatic rings. The van der Waals surface area contributed by atoms with Gasteiger partial charge in [0.25, 0.3) is 0 Å². The first-order chi connectivity index (χ1) is 8.51. The molecule has 5 heteroatoms. The summed E-state index contributed by atoms with van der Waals surface area (Å²) in [5.41, 5.74) is 5.67. The van der Waals surface area contributed by atoms with Crippen LogP contribution in [0, 0.1) is 0 Å². The average molecular weight is 271 g/mol. The Morgan fingerprint density at radius 3 is 2.44 bits per heavy atom. The molecular weight excluding hydrogens is 246 g/mol. The van der Waals surface area contributed by atoms with Crippen molar-refractivity contribution in [3.05, 3.63) is 0 Å². The molecule has 0 bridgehead atoms. The highest BCUT2D eigenvalue weighted by Gasteiger charge is 2.34. The molecular formula is C13H25N3OS. The van der Waals surface area contributed by atoms with Gasteiger partial charge in [0.05, 0.1) is 17.1 Å². The lowest BCUT2D eigenvalue weighted by atomic mass is 10.0. The van der Waals surface area contributed by atoms with Gasteiger partial charge in [-0.25, -0.2) is 0 Å². The van der Waals surface area contributed by atoms with Gasteiger partial charge < -0.3 is 10.5 Å². The van der Waals surface area contributed by atoms with Gasteiger partial charge in [-0.15, -0.1) is 0 Å². The Kier molecular flexibility index (Phi) is 4.59. The maximum atomic E-state index is 5.83. The highest BCUT2D eigenvalue weighted by molar-refractivity contribution is 7.80. The molecule has 2 N–H and O–H groups in total. The summed E-state index contributed by atoms with van der Waals surface area (Å²) in [5.74, 6) is 0. The number of thiocarbonyl (C=S) groups is 1. The van der Waals surface area contributed by atoms with Crippen molar-refractivity contribution in [2.45, 2.75) is 38.3 Å². The first-order valence-corrected chi connectivity index (χ1v) is 7.29. The van der Waals surface area contributed by atoms with E-state index in [0.717, 1.165) is 39.4 Å². The third-order valence-corrected chi connectivity index (χ3v) is 4.86. The van der Waals surface area contributed by atoms with E-state index in [-0.39, 0.29) is 5.54 Å². The monoisotopic (exact) mass is 271 g/mol. The molecule has 104 valence electrons. The van der Waals surface area contributed by atoms with Crippen LogP contribution in [0.2, 0.25) is 0 Å². The smallest absolute Gasteiger partial charge is 0.0928 e. The molecule has 0 spiro atoms. The van der Waals surface area contributed by atoms with Crippen molar-refractivity contribution in [1.82, 2.24) is 9.80 Å². The van der Waals surface area contributed by atoms with Crippen molar-refractivity contribution in [2.24, 2.45) is 5.73 Å². The number of hydrogen-bond donors (Lipinski definition) is 1. The zero-order valence-electron chi connectivity index (χ0n) is 11.5. The van der Waals surface area contributed by atoms with E-state index in [4.69, 9.17) is 22.7 Å². The Morgan fingerprint density at radius 2 is 1.94 bits per heavy atom. The van der Waals surface area contributed by atoms with Crippen LogP contribution in [0.15, 0.2) is 0 Å². The van der Waals surface area contributed by atoms with E-state index in [1.54, 1.807) is 0 Å². The fourth-order valence-electron chi connectivity index (χ4n) is 2.81. The van der Waals surface area contributed by atoms with E-state index in [1.165, 1.54) is 12.8 Å². The van der Waals surface area contributed by atoms with Crippen molar-refractivity contribution >= 4 is 17.2 Å². The predicted molar refractivity (Wildman–Crippen MR) is 77.9 cm³/mol. The summed E-state index contributed by atoms with van der Waals surface area (Å²) in [4.78, 5) is 5.55. The summed E-state index contributed by atoms with van der Waals surface area (Å²) in [7, 11) is 0. The molecule has 2 rings (SSSR count). The molecule has 0 aromatic carbocycles. The Hall–Kier alpha value is -0.230. The second kappa shape index (κ2) is 5.82. The summed E-state index contributed by atoms with van der Waals surface area (Å²) in [6, 6.07) is 0.619. The van der Waals surface area contributed by atoms with Gasteiger partial charge in [-0.2, -0.15) is 0 Å². The van der Waals surface area contributed by atoms with E-state index < -0.39 is 0 Å². The normalized spacial score (nSPS) is 28.2. The molecule has 2 fully saturated rings. The lowest BCUT2D eigenvalue weighted by Gasteiger charge is -2.46. The van der Waals surface area contributed by atoms with Gasteiger partial charge in [0.15, 0.2) is 0 Å². The van der Waals surface area contributed by atoms with E-state index in [2.05, 4.69) is 23.6 Å². The first kappa shape index (κ1) is 14.2. The second-order valence-corrected chi connectivity index (χ2v) is 6.26. The molecule has 2 aliphatic rings. The van der Waals surface area contributed by atoms with Crippen LogP contribution in [0.5, 0.6) is 0 Å². The highest BCUT2D eigenvalue weighted by atomic mass is 32.1. The lowest BCUT2D eigenvalue weighted by Crippen LogP contribution is -2.61. The molecule has 0 radical (unpaired) electrons. The van der Waals surface area contributed by atoms with Crippen molar-refractivity contribution in [2.75, 3.05) is 39.4 Å². The van der Waals surface area contributed by atoms with Gasteiger partial charge in [0.1, 0.15) is 0 Å². The topological polar surface area (TPSA) is 41.7 Å². The van der Waals surface area contributed by atoms with E-state index >= 15 is 0 Å². The Balaban J connectivity index is 1.85. The minimum absolute atomic E-state index is 0.162. The maximum absolute atomic E-state index is 5.83. The van der Waals surface area contributed by atoms with E-state index in [9.17, 15) is 0 Å². The summed E-state index contributed by atoms with van der Waals surface area (Å²) >= 11 is 5.17. The number of nitrogens with zero attached hydrogens (tertiary/aromatic N) is 2. The molecule has 4 nitrogen and oxygen atoms in total. The standard InChI is InChI=1S/C13H25N3OS/c1-13(2,12(14)18)16-7-5-15(6-8-16)11-4-3-9-17-10-11/h11H,3-10H2,1-2H3,(H2,14,18). The van der Waals surface area contributed by atoms with Gasteiger partial charge in [-0.1, -0.05) is 12.2 Å². The molecule has 0 saturated carbocycles. The largest absolute Gasteiger partial charge is 0.392 e.